The summed E-state index contributed by atoms with van der Waals surface area (Å²) in [7, 11) is 0. The maximum atomic E-state index is 12.5. The summed E-state index contributed by atoms with van der Waals surface area (Å²) in [6.07, 6.45) is 5.69. The number of carbonyl (C=O) groups is 1. The average Bonchev–Trinajstić information content (AvgIpc) is 3.12. The third kappa shape index (κ3) is 4.02. The van der Waals surface area contributed by atoms with Gasteiger partial charge in [-0.3, -0.25) is 0 Å². The summed E-state index contributed by atoms with van der Waals surface area (Å²) in [4.78, 5) is 12.5. The fourth-order valence-electron chi connectivity index (χ4n) is 4.43. The van der Waals surface area contributed by atoms with Gasteiger partial charge in [0.05, 0.1) is 12.2 Å². The summed E-state index contributed by atoms with van der Waals surface area (Å²) in [5.74, 6) is 2.61. The third-order valence-electron chi connectivity index (χ3n) is 6.40. The third-order valence-corrected chi connectivity index (χ3v) is 6.40. The van der Waals surface area contributed by atoms with Gasteiger partial charge in [0.1, 0.15) is 11.9 Å². The summed E-state index contributed by atoms with van der Waals surface area (Å²) >= 11 is 0. The van der Waals surface area contributed by atoms with Gasteiger partial charge in [-0.05, 0) is 66.7 Å². The van der Waals surface area contributed by atoms with Crippen LogP contribution < -0.4 is 4.74 Å². The van der Waals surface area contributed by atoms with Crippen molar-refractivity contribution in [3.63, 3.8) is 0 Å². The lowest BCUT2D eigenvalue weighted by Gasteiger charge is -2.28. The van der Waals surface area contributed by atoms with Crippen LogP contribution in [0.1, 0.15) is 70.2 Å². The van der Waals surface area contributed by atoms with E-state index in [9.17, 15) is 4.79 Å². The van der Waals surface area contributed by atoms with Gasteiger partial charge < -0.3 is 9.47 Å². The Morgan fingerprint density at radius 1 is 1.12 bits per heavy atom. The SMILES string of the molecule is CCCCCOc1ccc(C(=O)O[C@H]2C[C@H]3[C@@H](C[C@H]2C)C3(C)C)cc1. The van der Waals surface area contributed by atoms with Crippen molar-refractivity contribution in [2.24, 2.45) is 23.2 Å². The predicted octanol–water partition coefficient (Wildman–Crippen LogP) is 5.48. The summed E-state index contributed by atoms with van der Waals surface area (Å²) in [5.41, 5.74) is 1.05. The second-order valence-corrected chi connectivity index (χ2v) is 8.51. The fraction of sp³-hybridized carbons (Fsp3) is 0.682. The summed E-state index contributed by atoms with van der Waals surface area (Å²) < 4.78 is 11.6. The number of benzene rings is 1. The molecule has 0 spiro atoms. The molecular formula is C22H32O3. The van der Waals surface area contributed by atoms with E-state index >= 15 is 0 Å². The number of fused-ring (bicyclic) bond motifs is 1. The van der Waals surface area contributed by atoms with Gasteiger partial charge in [-0.2, -0.15) is 0 Å². The standard InChI is InChI=1S/C22H32O3/c1-5-6-7-12-24-17-10-8-16(9-11-17)21(23)25-20-14-19-18(13-15(20)2)22(19,3)4/h8-11,15,18-20H,5-7,12-14H2,1-4H3/t15-,18-,19+,20+/m1/s1. The Morgan fingerprint density at radius 2 is 1.80 bits per heavy atom. The van der Waals surface area contributed by atoms with Gasteiger partial charge in [0.2, 0.25) is 0 Å². The molecule has 1 aromatic carbocycles. The Kier molecular flexibility index (Phi) is 5.41. The maximum Gasteiger partial charge on any atom is 0.338 e. The van der Waals surface area contributed by atoms with Crippen LogP contribution in [-0.4, -0.2) is 18.7 Å². The molecule has 0 saturated heterocycles. The fourth-order valence-corrected chi connectivity index (χ4v) is 4.43. The largest absolute Gasteiger partial charge is 0.494 e. The quantitative estimate of drug-likeness (QED) is 0.485. The molecule has 2 saturated carbocycles. The van der Waals surface area contributed by atoms with Crippen molar-refractivity contribution in [2.75, 3.05) is 6.61 Å². The van der Waals surface area contributed by atoms with Crippen LogP contribution in [0, 0.1) is 23.2 Å². The van der Waals surface area contributed by atoms with Crippen molar-refractivity contribution in [1.82, 2.24) is 0 Å². The monoisotopic (exact) mass is 344 g/mol. The Hall–Kier alpha value is -1.51. The van der Waals surface area contributed by atoms with Crippen LogP contribution in [0.3, 0.4) is 0 Å². The van der Waals surface area contributed by atoms with Crippen LogP contribution in [0.2, 0.25) is 0 Å². The van der Waals surface area contributed by atoms with Crippen molar-refractivity contribution in [1.29, 1.82) is 0 Å². The Morgan fingerprint density at radius 3 is 2.48 bits per heavy atom. The molecule has 138 valence electrons. The number of rotatable bonds is 7. The van der Waals surface area contributed by atoms with Crippen LogP contribution in [0.25, 0.3) is 0 Å². The molecule has 0 unspecified atom stereocenters. The van der Waals surface area contributed by atoms with E-state index < -0.39 is 0 Å². The zero-order chi connectivity index (χ0) is 18.0. The zero-order valence-electron chi connectivity index (χ0n) is 16.1. The predicted molar refractivity (Wildman–Crippen MR) is 99.8 cm³/mol. The summed E-state index contributed by atoms with van der Waals surface area (Å²) in [5, 5.41) is 0. The molecule has 2 aliphatic carbocycles. The maximum absolute atomic E-state index is 12.5. The minimum absolute atomic E-state index is 0.0560. The topological polar surface area (TPSA) is 35.5 Å². The highest BCUT2D eigenvalue weighted by molar-refractivity contribution is 5.89. The molecule has 0 amide bonds. The Balaban J connectivity index is 1.51. The summed E-state index contributed by atoms with van der Waals surface area (Å²) in [6.45, 7) is 9.82. The Bertz CT molecular complexity index is 590. The number of unbranched alkanes of at least 4 members (excludes halogenated alkanes) is 2. The van der Waals surface area contributed by atoms with Gasteiger partial charge in [0.25, 0.3) is 0 Å². The second-order valence-electron chi connectivity index (χ2n) is 8.51. The van der Waals surface area contributed by atoms with Crippen molar-refractivity contribution in [3.05, 3.63) is 29.8 Å². The van der Waals surface area contributed by atoms with Gasteiger partial charge in [-0.1, -0.05) is 40.5 Å². The van der Waals surface area contributed by atoms with Crippen molar-refractivity contribution in [3.8, 4) is 5.75 Å². The minimum atomic E-state index is -0.203. The van der Waals surface area contributed by atoms with Crippen LogP contribution in [-0.2, 0) is 4.74 Å². The molecule has 0 heterocycles. The van der Waals surface area contributed by atoms with E-state index in [2.05, 4.69) is 27.7 Å². The van der Waals surface area contributed by atoms with E-state index in [0.717, 1.165) is 37.0 Å². The van der Waals surface area contributed by atoms with Crippen LogP contribution in [0.4, 0.5) is 0 Å². The second kappa shape index (κ2) is 7.39. The Labute approximate surface area is 152 Å². The molecule has 3 rings (SSSR count). The smallest absolute Gasteiger partial charge is 0.338 e. The number of hydrogen-bond acceptors (Lipinski definition) is 3. The van der Waals surface area contributed by atoms with E-state index in [1.807, 2.05) is 24.3 Å². The van der Waals surface area contributed by atoms with Crippen LogP contribution >= 0.6 is 0 Å². The lowest BCUT2D eigenvalue weighted by atomic mass is 9.88. The molecule has 0 radical (unpaired) electrons. The number of ether oxygens (including phenoxy) is 2. The molecule has 0 bridgehead atoms. The number of esters is 1. The lowest BCUT2D eigenvalue weighted by Crippen LogP contribution is -2.29. The zero-order valence-corrected chi connectivity index (χ0v) is 16.1. The molecule has 2 aliphatic rings. The molecule has 3 heteroatoms. The first kappa shape index (κ1) is 18.3. The van der Waals surface area contributed by atoms with Gasteiger partial charge >= 0.3 is 5.97 Å². The van der Waals surface area contributed by atoms with Gasteiger partial charge in [-0.25, -0.2) is 4.79 Å². The molecule has 25 heavy (non-hydrogen) atoms. The first-order chi connectivity index (χ1) is 11.9. The van der Waals surface area contributed by atoms with Gasteiger partial charge in [0, 0.05) is 0 Å². The first-order valence-corrected chi connectivity index (χ1v) is 9.87. The molecule has 2 fully saturated rings. The molecular weight excluding hydrogens is 312 g/mol. The van der Waals surface area contributed by atoms with Gasteiger partial charge in [0.15, 0.2) is 0 Å². The lowest BCUT2D eigenvalue weighted by molar-refractivity contribution is 0.00306. The molecule has 0 N–H and O–H groups in total. The van der Waals surface area contributed by atoms with Gasteiger partial charge in [-0.15, -0.1) is 0 Å². The number of hydrogen-bond donors (Lipinski definition) is 0. The molecule has 0 aromatic heterocycles. The van der Waals surface area contributed by atoms with E-state index in [1.165, 1.54) is 19.3 Å². The molecule has 4 atom stereocenters. The summed E-state index contributed by atoms with van der Waals surface area (Å²) in [6, 6.07) is 7.36. The molecule has 0 aliphatic heterocycles. The van der Waals surface area contributed by atoms with E-state index in [1.54, 1.807) is 0 Å². The number of carbonyl (C=O) groups excluding carboxylic acids is 1. The van der Waals surface area contributed by atoms with E-state index in [-0.39, 0.29) is 12.1 Å². The van der Waals surface area contributed by atoms with Crippen LogP contribution in [0.5, 0.6) is 5.75 Å². The van der Waals surface area contributed by atoms with E-state index in [4.69, 9.17) is 9.47 Å². The molecule has 3 nitrogen and oxygen atoms in total. The van der Waals surface area contributed by atoms with Crippen LogP contribution in [0.15, 0.2) is 24.3 Å². The minimum Gasteiger partial charge on any atom is -0.494 e. The normalized spacial score (nSPS) is 29.6. The van der Waals surface area contributed by atoms with Crippen molar-refractivity contribution < 1.29 is 14.3 Å². The highest BCUT2D eigenvalue weighted by Crippen LogP contribution is 2.66. The highest BCUT2D eigenvalue weighted by Gasteiger charge is 2.61. The first-order valence-electron chi connectivity index (χ1n) is 9.87. The van der Waals surface area contributed by atoms with Crippen molar-refractivity contribution in [2.45, 2.75) is 65.9 Å². The molecule has 1 aromatic rings. The van der Waals surface area contributed by atoms with Crippen molar-refractivity contribution >= 4 is 5.97 Å². The van der Waals surface area contributed by atoms with E-state index in [0.29, 0.717) is 16.9 Å². The highest BCUT2D eigenvalue weighted by atomic mass is 16.5. The average molecular weight is 344 g/mol.